The molecule has 76 heavy (non-hydrogen) atoms. The fraction of sp³-hybridized carbons (Fsp3) is 0.643. The molecule has 0 amide bonds. The highest BCUT2D eigenvalue weighted by Crippen LogP contribution is 2.16. The third kappa shape index (κ3) is 60.4. The monoisotopic (exact) mass is 1050 g/mol. The van der Waals surface area contributed by atoms with E-state index in [0.717, 1.165) is 116 Å². The van der Waals surface area contributed by atoms with E-state index in [2.05, 4.69) is 142 Å². The van der Waals surface area contributed by atoms with Crippen molar-refractivity contribution in [3.05, 3.63) is 134 Å². The van der Waals surface area contributed by atoms with Crippen LogP contribution < -0.4 is 0 Å². The van der Waals surface area contributed by atoms with E-state index in [1.54, 1.807) is 0 Å². The summed E-state index contributed by atoms with van der Waals surface area (Å²) >= 11 is 0. The minimum atomic E-state index is -0.825. The van der Waals surface area contributed by atoms with Gasteiger partial charge in [0.25, 0.3) is 0 Å². The van der Waals surface area contributed by atoms with Crippen molar-refractivity contribution in [3.8, 4) is 0 Å². The van der Waals surface area contributed by atoms with Crippen molar-refractivity contribution in [2.45, 2.75) is 277 Å². The number of hydrogen-bond donors (Lipinski definition) is 0. The summed E-state index contributed by atoms with van der Waals surface area (Å²) in [5.41, 5.74) is 0. The zero-order valence-corrected chi connectivity index (χ0v) is 49.2. The van der Waals surface area contributed by atoms with E-state index in [-0.39, 0.29) is 37.5 Å². The molecule has 0 N–H and O–H groups in total. The Morgan fingerprint density at radius 1 is 0.276 bits per heavy atom. The van der Waals surface area contributed by atoms with E-state index in [9.17, 15) is 14.4 Å². The Hall–Kier alpha value is -4.45. The van der Waals surface area contributed by atoms with Gasteiger partial charge in [0.05, 0.1) is 0 Å². The fourth-order valence-corrected chi connectivity index (χ4v) is 8.32. The lowest BCUT2D eigenvalue weighted by Crippen LogP contribution is -2.30. The molecule has 430 valence electrons. The zero-order valence-electron chi connectivity index (χ0n) is 49.2. The van der Waals surface area contributed by atoms with Gasteiger partial charge in [-0.25, -0.2) is 0 Å². The summed E-state index contributed by atoms with van der Waals surface area (Å²) in [6, 6.07) is 0. The Morgan fingerprint density at radius 2 is 0.539 bits per heavy atom. The molecule has 0 aromatic heterocycles. The van der Waals surface area contributed by atoms with Crippen molar-refractivity contribution >= 4 is 17.9 Å². The van der Waals surface area contributed by atoms with Gasteiger partial charge < -0.3 is 14.2 Å². The van der Waals surface area contributed by atoms with Gasteiger partial charge in [-0.1, -0.05) is 283 Å². The Kier molecular flexibility index (Phi) is 59.4. The molecule has 6 nitrogen and oxygen atoms in total. The third-order valence-corrected chi connectivity index (χ3v) is 12.9. The lowest BCUT2D eigenvalue weighted by molar-refractivity contribution is -0.166. The molecule has 6 heteroatoms. The minimum Gasteiger partial charge on any atom is -0.462 e. The highest BCUT2D eigenvalue weighted by molar-refractivity contribution is 5.71. The predicted molar refractivity (Wildman–Crippen MR) is 329 cm³/mol. The molecule has 0 aromatic carbocycles. The number of ether oxygens (including phenoxy) is 3. The molecule has 0 aliphatic rings. The molecule has 0 spiro atoms. The van der Waals surface area contributed by atoms with Gasteiger partial charge in [0.15, 0.2) is 6.10 Å². The Labute approximate surface area is 468 Å². The first-order chi connectivity index (χ1) is 37.5. The maximum Gasteiger partial charge on any atom is 0.306 e. The van der Waals surface area contributed by atoms with Crippen molar-refractivity contribution < 1.29 is 28.6 Å². The van der Waals surface area contributed by atoms with Crippen LogP contribution in [0.25, 0.3) is 0 Å². The molecular formula is C70H114O6. The lowest BCUT2D eigenvalue weighted by atomic mass is 10.0. The quantitative estimate of drug-likeness (QED) is 0.0261. The van der Waals surface area contributed by atoms with Crippen LogP contribution in [0.5, 0.6) is 0 Å². The van der Waals surface area contributed by atoms with Crippen molar-refractivity contribution in [1.29, 1.82) is 0 Å². The lowest BCUT2D eigenvalue weighted by Gasteiger charge is -2.18. The topological polar surface area (TPSA) is 78.9 Å². The van der Waals surface area contributed by atoms with Gasteiger partial charge in [-0.05, 0) is 103 Å². The summed E-state index contributed by atoms with van der Waals surface area (Å²) in [5.74, 6) is -1.03. The van der Waals surface area contributed by atoms with Gasteiger partial charge in [-0.15, -0.1) is 0 Å². The number of carbonyl (C=O) groups excluding carboxylic acids is 3. The van der Waals surface area contributed by atoms with E-state index in [1.165, 1.54) is 109 Å². The molecular weight excluding hydrogens is 937 g/mol. The average Bonchev–Trinajstić information content (AvgIpc) is 3.42. The first kappa shape index (κ1) is 71.5. The van der Waals surface area contributed by atoms with Crippen molar-refractivity contribution in [2.24, 2.45) is 0 Å². The summed E-state index contributed by atoms with van der Waals surface area (Å²) in [5, 5.41) is 0. The maximum atomic E-state index is 12.9. The number of esters is 3. The van der Waals surface area contributed by atoms with Crippen molar-refractivity contribution in [3.63, 3.8) is 0 Å². The van der Waals surface area contributed by atoms with E-state index in [1.807, 2.05) is 12.2 Å². The Morgan fingerprint density at radius 3 is 0.882 bits per heavy atom. The van der Waals surface area contributed by atoms with Crippen LogP contribution in [0.1, 0.15) is 271 Å². The van der Waals surface area contributed by atoms with Gasteiger partial charge >= 0.3 is 17.9 Å². The molecule has 0 aromatic rings. The van der Waals surface area contributed by atoms with E-state index < -0.39 is 6.10 Å². The number of hydrogen-bond acceptors (Lipinski definition) is 6. The van der Waals surface area contributed by atoms with E-state index in [4.69, 9.17) is 14.2 Å². The highest BCUT2D eigenvalue weighted by atomic mass is 16.6. The molecule has 0 saturated heterocycles. The fourth-order valence-electron chi connectivity index (χ4n) is 8.32. The highest BCUT2D eigenvalue weighted by Gasteiger charge is 2.19. The molecule has 0 aliphatic heterocycles. The Bertz CT molecular complexity index is 1630. The summed E-state index contributed by atoms with van der Waals surface area (Å²) in [6.45, 7) is 6.33. The molecule has 0 heterocycles. The number of rotatable bonds is 55. The molecule has 0 radical (unpaired) electrons. The molecule has 1 atom stereocenters. The van der Waals surface area contributed by atoms with Crippen LogP contribution >= 0.6 is 0 Å². The molecule has 0 rings (SSSR count). The smallest absolute Gasteiger partial charge is 0.306 e. The van der Waals surface area contributed by atoms with Crippen molar-refractivity contribution in [1.82, 2.24) is 0 Å². The average molecular weight is 1050 g/mol. The first-order valence-corrected chi connectivity index (χ1v) is 31.2. The normalized spacial score (nSPS) is 13.0. The zero-order chi connectivity index (χ0) is 55.0. The molecule has 0 fully saturated rings. The standard InChI is InChI=1S/C70H114O6/c1-4-7-10-13-16-19-22-25-27-29-31-33-34-35-36-37-39-40-42-45-48-51-54-57-60-63-69(72)75-66-67(65-74-68(71)62-59-56-53-50-47-44-24-21-18-15-12-9-6-3)76-70(73)64-61-58-55-52-49-46-43-41-38-32-30-28-26-23-20-17-14-11-8-5-2/h7,9-10,12,16,18-19,21,25,27,31,33,35-36,39-40,44-45,47-48,53,56,67H,4-6,8,11,13-15,17,20,22-24,26,28-30,32,34,37-38,41-43,46,49-52,54-55,57-66H2,1-3H3/b10-7-,12-9-,19-16-,21-18-,27-25-,33-31-,36-35-,40-39-,47-44-,48-45-,56-53-. The van der Waals surface area contributed by atoms with Crippen LogP contribution in [0.2, 0.25) is 0 Å². The minimum absolute atomic E-state index is 0.120. The van der Waals surface area contributed by atoms with Crippen LogP contribution in [-0.4, -0.2) is 37.2 Å². The summed E-state index contributed by atoms with van der Waals surface area (Å²) in [7, 11) is 0. The molecule has 0 bridgehead atoms. The van der Waals surface area contributed by atoms with Crippen LogP contribution in [0.4, 0.5) is 0 Å². The molecule has 0 saturated carbocycles. The summed E-state index contributed by atoms with van der Waals surface area (Å²) in [6.07, 6.45) is 89.0. The second-order valence-corrected chi connectivity index (χ2v) is 20.2. The van der Waals surface area contributed by atoms with Gasteiger partial charge in [0.2, 0.25) is 0 Å². The van der Waals surface area contributed by atoms with Gasteiger partial charge in [0.1, 0.15) is 13.2 Å². The van der Waals surface area contributed by atoms with Crippen molar-refractivity contribution in [2.75, 3.05) is 13.2 Å². The third-order valence-electron chi connectivity index (χ3n) is 12.9. The maximum absolute atomic E-state index is 12.9. The van der Waals surface area contributed by atoms with Gasteiger partial charge in [-0.2, -0.15) is 0 Å². The number of carbonyl (C=O) groups is 3. The van der Waals surface area contributed by atoms with Gasteiger partial charge in [-0.3, -0.25) is 14.4 Å². The van der Waals surface area contributed by atoms with Crippen LogP contribution in [0.15, 0.2) is 134 Å². The second kappa shape index (κ2) is 63.1. The van der Waals surface area contributed by atoms with E-state index >= 15 is 0 Å². The molecule has 0 aliphatic carbocycles. The Balaban J connectivity index is 4.46. The van der Waals surface area contributed by atoms with Crippen LogP contribution in [0.3, 0.4) is 0 Å². The SMILES string of the molecule is CC/C=C\C/C=C\C/C=C\C/C=C\C/C=C\C/C=C\C/C=C\CCCCCC(=O)OCC(COC(=O)CC/C=C\C/C=C\C/C=C\C/C=C\CC)OC(=O)CCCCCCCCCCCCCCCCCCCCCC. The summed E-state index contributed by atoms with van der Waals surface area (Å²) in [4.78, 5) is 38.2. The summed E-state index contributed by atoms with van der Waals surface area (Å²) < 4.78 is 16.8. The second-order valence-electron chi connectivity index (χ2n) is 20.2. The van der Waals surface area contributed by atoms with E-state index in [0.29, 0.717) is 19.3 Å². The largest absolute Gasteiger partial charge is 0.462 e. The number of unbranched alkanes of at least 4 members (excludes halogenated alkanes) is 22. The van der Waals surface area contributed by atoms with Gasteiger partial charge in [0, 0.05) is 19.3 Å². The molecule has 1 unspecified atom stereocenters. The first-order valence-electron chi connectivity index (χ1n) is 31.2. The van der Waals surface area contributed by atoms with Crippen LogP contribution in [0, 0.1) is 0 Å². The van der Waals surface area contributed by atoms with Crippen LogP contribution in [-0.2, 0) is 28.6 Å². The predicted octanol–water partition coefficient (Wildman–Crippen LogP) is 21.4. The number of allylic oxidation sites excluding steroid dienone is 22.